The van der Waals surface area contributed by atoms with Crippen molar-refractivity contribution in [3.05, 3.63) is 53.6 Å². The van der Waals surface area contributed by atoms with Crippen molar-refractivity contribution in [2.75, 3.05) is 0 Å². The van der Waals surface area contributed by atoms with Crippen molar-refractivity contribution in [1.29, 1.82) is 0 Å². The maximum absolute atomic E-state index is 6.78. The number of hydrogen-bond acceptors (Lipinski definition) is 2. The van der Waals surface area contributed by atoms with E-state index in [2.05, 4.69) is 17.1 Å². The van der Waals surface area contributed by atoms with E-state index in [0.717, 1.165) is 5.02 Å². The summed E-state index contributed by atoms with van der Waals surface area (Å²) in [6.07, 6.45) is 12.1. The SMILES string of the molecule is Clc1ccc(C(SC2CCCCC2)C(Cl)n2ccnc2)cc1. The average molecular weight is 355 g/mol. The van der Waals surface area contributed by atoms with Crippen LogP contribution in [0.4, 0.5) is 0 Å². The fourth-order valence-electron chi connectivity index (χ4n) is 2.93. The summed E-state index contributed by atoms with van der Waals surface area (Å²) in [6, 6.07) is 8.08. The fourth-order valence-corrected chi connectivity index (χ4v) is 5.10. The van der Waals surface area contributed by atoms with Crippen LogP contribution in [-0.2, 0) is 0 Å². The quantitative estimate of drug-likeness (QED) is 0.605. The molecule has 1 aromatic heterocycles. The number of thioether (sulfide) groups is 1. The summed E-state index contributed by atoms with van der Waals surface area (Å²) in [5.41, 5.74) is 1.09. The highest BCUT2D eigenvalue weighted by molar-refractivity contribution is 8.00. The van der Waals surface area contributed by atoms with Crippen molar-refractivity contribution < 1.29 is 0 Å². The van der Waals surface area contributed by atoms with Crippen LogP contribution in [0.15, 0.2) is 43.0 Å². The van der Waals surface area contributed by atoms with E-state index in [1.165, 1.54) is 37.7 Å². The second-order valence-corrected chi connectivity index (χ2v) is 8.08. The number of benzene rings is 1. The van der Waals surface area contributed by atoms with Crippen molar-refractivity contribution in [3.8, 4) is 0 Å². The molecule has 0 N–H and O–H groups in total. The Morgan fingerprint density at radius 3 is 2.50 bits per heavy atom. The molecular weight excluding hydrogens is 335 g/mol. The summed E-state index contributed by atoms with van der Waals surface area (Å²) < 4.78 is 1.98. The van der Waals surface area contributed by atoms with E-state index in [1.54, 1.807) is 12.5 Å². The maximum Gasteiger partial charge on any atom is 0.125 e. The molecule has 3 rings (SSSR count). The maximum atomic E-state index is 6.78. The second-order valence-electron chi connectivity index (χ2n) is 5.75. The van der Waals surface area contributed by atoms with Gasteiger partial charge in [0.05, 0.1) is 11.6 Å². The van der Waals surface area contributed by atoms with Crippen molar-refractivity contribution in [2.24, 2.45) is 0 Å². The van der Waals surface area contributed by atoms with Crippen LogP contribution in [0, 0.1) is 0 Å². The van der Waals surface area contributed by atoms with Crippen LogP contribution < -0.4 is 0 Å². The van der Waals surface area contributed by atoms with E-state index in [4.69, 9.17) is 23.2 Å². The first-order valence-corrected chi connectivity index (χ1v) is 9.52. The Balaban J connectivity index is 1.82. The molecule has 2 unspecified atom stereocenters. The number of hydrogen-bond donors (Lipinski definition) is 0. The first kappa shape index (κ1) is 16.2. The minimum absolute atomic E-state index is 0.143. The highest BCUT2D eigenvalue weighted by atomic mass is 35.5. The van der Waals surface area contributed by atoms with Gasteiger partial charge in [-0.2, -0.15) is 0 Å². The number of imidazole rings is 1. The van der Waals surface area contributed by atoms with E-state index in [-0.39, 0.29) is 10.8 Å². The Hall–Kier alpha value is -0.640. The van der Waals surface area contributed by atoms with Crippen LogP contribution in [0.1, 0.15) is 48.4 Å². The van der Waals surface area contributed by atoms with E-state index in [0.29, 0.717) is 5.25 Å². The van der Waals surface area contributed by atoms with Gasteiger partial charge in [0.25, 0.3) is 0 Å². The predicted octanol–water partition coefficient (Wildman–Crippen LogP) is 6.08. The third-order valence-electron chi connectivity index (χ3n) is 4.15. The lowest BCUT2D eigenvalue weighted by molar-refractivity contribution is 0.512. The van der Waals surface area contributed by atoms with Gasteiger partial charge in [-0.05, 0) is 30.5 Å². The minimum Gasteiger partial charge on any atom is -0.319 e. The number of aromatic nitrogens is 2. The van der Waals surface area contributed by atoms with Crippen molar-refractivity contribution in [3.63, 3.8) is 0 Å². The lowest BCUT2D eigenvalue weighted by atomic mass is 10.0. The molecule has 0 bridgehead atoms. The minimum atomic E-state index is -0.143. The van der Waals surface area contributed by atoms with Crippen LogP contribution in [0.5, 0.6) is 0 Å². The summed E-state index contributed by atoms with van der Waals surface area (Å²) in [4.78, 5) is 4.13. The molecule has 0 spiro atoms. The van der Waals surface area contributed by atoms with Gasteiger partial charge in [-0.3, -0.25) is 0 Å². The summed E-state index contributed by atoms with van der Waals surface area (Å²) in [6.45, 7) is 0. The smallest absolute Gasteiger partial charge is 0.125 e. The number of halogens is 2. The first-order valence-electron chi connectivity index (χ1n) is 7.76. The Morgan fingerprint density at radius 2 is 1.86 bits per heavy atom. The molecule has 1 aromatic carbocycles. The number of rotatable bonds is 5. The Morgan fingerprint density at radius 1 is 1.14 bits per heavy atom. The van der Waals surface area contributed by atoms with Gasteiger partial charge in [0.1, 0.15) is 5.50 Å². The van der Waals surface area contributed by atoms with Crippen LogP contribution >= 0.6 is 35.0 Å². The zero-order valence-corrected chi connectivity index (χ0v) is 14.7. The number of alkyl halides is 1. The Kier molecular flexibility index (Phi) is 5.72. The fraction of sp³-hybridized carbons (Fsp3) is 0.471. The molecule has 22 heavy (non-hydrogen) atoms. The molecule has 2 atom stereocenters. The summed E-state index contributed by atoms with van der Waals surface area (Å²) in [5.74, 6) is 0. The van der Waals surface area contributed by atoms with Gasteiger partial charge in [-0.1, -0.05) is 54.6 Å². The standard InChI is InChI=1S/C17H20Cl2N2S/c18-14-8-6-13(7-9-14)16(17(19)21-11-10-20-12-21)22-15-4-2-1-3-5-15/h6-12,15-17H,1-5H2. The molecule has 5 heteroatoms. The molecule has 2 aromatic rings. The molecule has 1 heterocycles. The first-order chi connectivity index (χ1) is 10.7. The van der Waals surface area contributed by atoms with Gasteiger partial charge in [-0.15, -0.1) is 11.8 Å². The lowest BCUT2D eigenvalue weighted by Gasteiger charge is -2.29. The zero-order chi connectivity index (χ0) is 15.4. The van der Waals surface area contributed by atoms with Crippen LogP contribution in [0.3, 0.4) is 0 Å². The van der Waals surface area contributed by atoms with Crippen LogP contribution in [0.2, 0.25) is 5.02 Å². The van der Waals surface area contributed by atoms with Crippen LogP contribution in [0.25, 0.3) is 0 Å². The summed E-state index contributed by atoms with van der Waals surface area (Å²) >= 11 is 14.8. The van der Waals surface area contributed by atoms with Gasteiger partial charge < -0.3 is 4.57 Å². The van der Waals surface area contributed by atoms with E-state index < -0.39 is 0 Å². The van der Waals surface area contributed by atoms with Crippen molar-refractivity contribution in [2.45, 2.75) is 48.1 Å². The molecule has 1 saturated carbocycles. The third-order valence-corrected chi connectivity index (χ3v) is 6.71. The van der Waals surface area contributed by atoms with E-state index in [9.17, 15) is 0 Å². The van der Waals surface area contributed by atoms with Gasteiger partial charge in [0.2, 0.25) is 0 Å². The highest BCUT2D eigenvalue weighted by Crippen LogP contribution is 2.46. The molecular formula is C17H20Cl2N2S. The summed E-state index contributed by atoms with van der Waals surface area (Å²) in [5, 5.41) is 1.66. The van der Waals surface area contributed by atoms with Crippen molar-refractivity contribution in [1.82, 2.24) is 9.55 Å². The van der Waals surface area contributed by atoms with E-state index >= 15 is 0 Å². The molecule has 1 aliphatic carbocycles. The molecule has 0 saturated heterocycles. The topological polar surface area (TPSA) is 17.8 Å². The molecule has 2 nitrogen and oxygen atoms in total. The van der Waals surface area contributed by atoms with Gasteiger partial charge in [0, 0.05) is 22.7 Å². The van der Waals surface area contributed by atoms with Crippen molar-refractivity contribution >= 4 is 35.0 Å². The zero-order valence-electron chi connectivity index (χ0n) is 12.4. The normalized spacial score (nSPS) is 19.0. The van der Waals surface area contributed by atoms with Gasteiger partial charge in [-0.25, -0.2) is 4.98 Å². The van der Waals surface area contributed by atoms with Gasteiger partial charge >= 0.3 is 0 Å². The second kappa shape index (κ2) is 7.76. The predicted molar refractivity (Wildman–Crippen MR) is 95.8 cm³/mol. The lowest BCUT2D eigenvalue weighted by Crippen LogP contribution is -2.15. The van der Waals surface area contributed by atoms with E-state index in [1.807, 2.05) is 34.7 Å². The monoisotopic (exact) mass is 354 g/mol. The van der Waals surface area contributed by atoms with Crippen LogP contribution in [-0.4, -0.2) is 14.8 Å². The number of nitrogens with zero attached hydrogens (tertiary/aromatic N) is 2. The molecule has 0 amide bonds. The molecule has 0 radical (unpaired) electrons. The third kappa shape index (κ3) is 4.01. The average Bonchev–Trinajstić information content (AvgIpc) is 3.08. The Bertz CT molecular complexity index is 565. The molecule has 1 fully saturated rings. The summed E-state index contributed by atoms with van der Waals surface area (Å²) in [7, 11) is 0. The van der Waals surface area contributed by atoms with Gasteiger partial charge in [0.15, 0.2) is 0 Å². The highest BCUT2D eigenvalue weighted by Gasteiger charge is 2.27. The largest absolute Gasteiger partial charge is 0.319 e. The molecule has 0 aliphatic heterocycles. The Labute approximate surface area is 146 Å². The molecule has 1 aliphatic rings. The molecule has 118 valence electrons.